The summed E-state index contributed by atoms with van der Waals surface area (Å²) in [7, 11) is 0. The highest BCUT2D eigenvalue weighted by Gasteiger charge is 2.32. The van der Waals surface area contributed by atoms with Gasteiger partial charge >= 0.3 is 6.09 Å². The molecular weight excluding hydrogens is 461 g/mol. The lowest BCUT2D eigenvalue weighted by molar-refractivity contribution is 0.0252. The summed E-state index contributed by atoms with van der Waals surface area (Å²) >= 11 is 0. The molecule has 5 rings (SSSR count). The Hall–Kier alpha value is -3.75. The number of nitrogens with zero attached hydrogens (tertiary/aromatic N) is 5. The molecule has 0 spiro atoms. The minimum absolute atomic E-state index is 0.179. The lowest BCUT2D eigenvalue weighted by Gasteiger charge is -2.26. The van der Waals surface area contributed by atoms with Crippen molar-refractivity contribution < 1.29 is 18.7 Å². The lowest BCUT2D eigenvalue weighted by atomic mass is 10.1. The number of hydrogen-bond donors (Lipinski definition) is 0. The molecule has 0 radical (unpaired) electrons. The van der Waals surface area contributed by atoms with Crippen LogP contribution in [0.3, 0.4) is 0 Å². The molecule has 1 saturated heterocycles. The van der Waals surface area contributed by atoms with Crippen LogP contribution in [-0.4, -0.2) is 61.5 Å². The molecule has 36 heavy (non-hydrogen) atoms. The maximum Gasteiger partial charge on any atom is 0.410 e. The predicted molar refractivity (Wildman–Crippen MR) is 135 cm³/mol. The van der Waals surface area contributed by atoms with Crippen LogP contribution in [0.25, 0.3) is 28.1 Å². The van der Waals surface area contributed by atoms with Crippen LogP contribution < -0.4 is 4.74 Å². The first-order valence-electron chi connectivity index (χ1n) is 12.2. The largest absolute Gasteiger partial charge is 0.485 e. The van der Waals surface area contributed by atoms with Gasteiger partial charge in [-0.3, -0.25) is 4.40 Å². The van der Waals surface area contributed by atoms with E-state index in [1.165, 1.54) is 0 Å². The Bertz CT molecular complexity index is 1410. The van der Waals surface area contributed by atoms with Gasteiger partial charge in [-0.15, -0.1) is 10.2 Å². The van der Waals surface area contributed by atoms with E-state index >= 15 is 4.39 Å². The first-order chi connectivity index (χ1) is 17.2. The third-order valence-electron chi connectivity index (χ3n) is 6.17. The van der Waals surface area contributed by atoms with Crippen LogP contribution in [0.2, 0.25) is 0 Å². The van der Waals surface area contributed by atoms with Crippen LogP contribution >= 0.6 is 0 Å². The smallest absolute Gasteiger partial charge is 0.410 e. The molecule has 2 atom stereocenters. The van der Waals surface area contributed by atoms with Crippen LogP contribution in [0, 0.1) is 6.92 Å². The quantitative estimate of drug-likeness (QED) is 0.383. The first kappa shape index (κ1) is 24.0. The average Bonchev–Trinajstić information content (AvgIpc) is 3.15. The monoisotopic (exact) mass is 491 g/mol. The molecule has 3 aromatic heterocycles. The highest BCUT2D eigenvalue weighted by Crippen LogP contribution is 2.30. The van der Waals surface area contributed by atoms with Crippen molar-refractivity contribution in [2.75, 3.05) is 13.1 Å². The van der Waals surface area contributed by atoms with Gasteiger partial charge in [-0.2, -0.15) is 0 Å². The van der Waals surface area contributed by atoms with Crippen LogP contribution in [0.4, 0.5) is 9.18 Å². The second kappa shape index (κ2) is 9.37. The van der Waals surface area contributed by atoms with E-state index < -0.39 is 24.0 Å². The second-order valence-electron chi connectivity index (χ2n) is 10.2. The van der Waals surface area contributed by atoms with E-state index in [1.54, 1.807) is 11.0 Å². The molecule has 0 N–H and O–H groups in total. The Morgan fingerprint density at radius 1 is 1.08 bits per heavy atom. The number of ether oxygens (including phenoxy) is 2. The van der Waals surface area contributed by atoms with Crippen molar-refractivity contribution in [3.63, 3.8) is 0 Å². The van der Waals surface area contributed by atoms with Gasteiger partial charge in [-0.1, -0.05) is 18.2 Å². The van der Waals surface area contributed by atoms with E-state index in [9.17, 15) is 4.79 Å². The van der Waals surface area contributed by atoms with Crippen molar-refractivity contribution in [1.29, 1.82) is 0 Å². The molecule has 9 heteroatoms. The highest BCUT2D eigenvalue weighted by atomic mass is 19.1. The van der Waals surface area contributed by atoms with Gasteiger partial charge in [0.2, 0.25) is 0 Å². The van der Waals surface area contributed by atoms with E-state index in [0.717, 1.165) is 16.6 Å². The molecule has 188 valence electrons. The van der Waals surface area contributed by atoms with Gasteiger partial charge in [-0.05, 0) is 63.9 Å². The molecule has 8 nitrogen and oxygen atoms in total. The Balaban J connectivity index is 1.40. The number of carbonyl (C=O) groups is 1. The number of fused-ring (bicyclic) bond motifs is 2. The zero-order chi connectivity index (χ0) is 25.4. The van der Waals surface area contributed by atoms with Crippen LogP contribution in [0.15, 0.2) is 48.7 Å². The molecule has 0 aliphatic carbocycles. The Morgan fingerprint density at radius 2 is 1.89 bits per heavy atom. The number of benzene rings is 1. The first-order valence-corrected chi connectivity index (χ1v) is 12.2. The maximum absolute atomic E-state index is 15.1. The highest BCUT2D eigenvalue weighted by molar-refractivity contribution is 5.86. The number of halogens is 1. The predicted octanol–water partition coefficient (Wildman–Crippen LogP) is 5.37. The summed E-state index contributed by atoms with van der Waals surface area (Å²) in [6.07, 6.45) is 0.0973. The van der Waals surface area contributed by atoms with Crippen molar-refractivity contribution in [2.24, 2.45) is 0 Å². The molecule has 1 aromatic carbocycles. The topological polar surface area (TPSA) is 81.9 Å². The Labute approximate surface area is 209 Å². The minimum Gasteiger partial charge on any atom is -0.485 e. The molecule has 1 aliphatic heterocycles. The van der Waals surface area contributed by atoms with Crippen LogP contribution in [0.5, 0.6) is 5.75 Å². The van der Waals surface area contributed by atoms with E-state index in [1.807, 2.05) is 74.7 Å². The van der Waals surface area contributed by atoms with Gasteiger partial charge < -0.3 is 14.4 Å². The van der Waals surface area contributed by atoms with Crippen molar-refractivity contribution in [2.45, 2.75) is 58.4 Å². The van der Waals surface area contributed by atoms with E-state index in [4.69, 9.17) is 14.5 Å². The van der Waals surface area contributed by atoms with Gasteiger partial charge in [0.1, 0.15) is 34.8 Å². The van der Waals surface area contributed by atoms with Crippen LogP contribution in [0.1, 0.15) is 39.2 Å². The summed E-state index contributed by atoms with van der Waals surface area (Å²) in [6.45, 7) is 8.10. The Kier molecular flexibility index (Phi) is 6.24. The third kappa shape index (κ3) is 4.96. The summed E-state index contributed by atoms with van der Waals surface area (Å²) in [5, 5.41) is 9.47. The number of carbonyl (C=O) groups excluding carboxylic acids is 1. The standard InChI is InChI=1S/C27H30FN5O3/c1-17-10-15-33-23(16-17)30-31-25(33)20-9-8-18-6-5-7-22(24(18)29-20)35-21-12-14-32(13-11-19(21)28)26(34)36-27(2,3)4/h5-10,15-16,19,21H,11-14H2,1-4H3. The maximum atomic E-state index is 15.1. The zero-order valence-electron chi connectivity index (χ0n) is 20.9. The number of alkyl halides is 1. The number of amides is 1. The molecule has 1 aliphatic rings. The van der Waals surface area contributed by atoms with Crippen molar-refractivity contribution in [3.05, 3.63) is 54.2 Å². The fourth-order valence-corrected chi connectivity index (χ4v) is 4.35. The fourth-order valence-electron chi connectivity index (χ4n) is 4.35. The van der Waals surface area contributed by atoms with Crippen molar-refractivity contribution in [3.8, 4) is 17.3 Å². The number of likely N-dealkylation sites (tertiary alicyclic amines) is 1. The van der Waals surface area contributed by atoms with Gasteiger partial charge in [-0.25, -0.2) is 14.2 Å². The summed E-state index contributed by atoms with van der Waals surface area (Å²) in [5.41, 5.74) is 2.50. The molecule has 1 amide bonds. The summed E-state index contributed by atoms with van der Waals surface area (Å²) < 4.78 is 28.7. The second-order valence-corrected chi connectivity index (χ2v) is 10.2. The third-order valence-corrected chi connectivity index (χ3v) is 6.17. The molecular formula is C27H30FN5O3. The Morgan fingerprint density at radius 3 is 2.69 bits per heavy atom. The molecule has 0 saturated carbocycles. The zero-order valence-corrected chi connectivity index (χ0v) is 20.9. The molecule has 4 aromatic rings. The number of aryl methyl sites for hydroxylation is 1. The molecule has 0 bridgehead atoms. The molecule has 4 heterocycles. The van der Waals surface area contributed by atoms with Gasteiger partial charge in [0.15, 0.2) is 11.5 Å². The lowest BCUT2D eigenvalue weighted by Crippen LogP contribution is -2.37. The van der Waals surface area contributed by atoms with Crippen molar-refractivity contribution >= 4 is 22.6 Å². The normalized spacial score (nSPS) is 18.9. The number of rotatable bonds is 3. The SMILES string of the molecule is Cc1ccn2c(-c3ccc4cccc(OC5CCN(C(=O)OC(C)(C)C)CCC5F)c4n3)nnc2c1. The van der Waals surface area contributed by atoms with E-state index in [2.05, 4.69) is 10.2 Å². The number of pyridine rings is 2. The average molecular weight is 492 g/mol. The molecule has 2 unspecified atom stereocenters. The van der Waals surface area contributed by atoms with Gasteiger partial charge in [0.05, 0.1) is 0 Å². The van der Waals surface area contributed by atoms with Gasteiger partial charge in [0.25, 0.3) is 0 Å². The van der Waals surface area contributed by atoms with Crippen molar-refractivity contribution in [1.82, 2.24) is 24.5 Å². The number of hydrogen-bond acceptors (Lipinski definition) is 6. The van der Waals surface area contributed by atoms with E-state index in [-0.39, 0.29) is 13.0 Å². The van der Waals surface area contributed by atoms with Crippen LogP contribution in [-0.2, 0) is 4.74 Å². The number of para-hydroxylation sites is 1. The number of aromatic nitrogens is 4. The van der Waals surface area contributed by atoms with E-state index in [0.29, 0.717) is 35.8 Å². The fraction of sp³-hybridized carbons (Fsp3) is 0.407. The summed E-state index contributed by atoms with van der Waals surface area (Å²) in [4.78, 5) is 18.9. The summed E-state index contributed by atoms with van der Waals surface area (Å²) in [5.74, 6) is 1.12. The van der Waals surface area contributed by atoms with Gasteiger partial charge in [0, 0.05) is 31.1 Å². The molecule has 1 fully saturated rings. The minimum atomic E-state index is -1.22. The summed E-state index contributed by atoms with van der Waals surface area (Å²) in [6, 6.07) is 13.4.